The molecule has 2 aromatic heterocycles. The third kappa shape index (κ3) is 5.40. The Balaban J connectivity index is 2.16. The van der Waals surface area contributed by atoms with Gasteiger partial charge in [-0.05, 0) is 71.9 Å². The average Bonchev–Trinajstić information content (AvgIpc) is 3.02. The van der Waals surface area contributed by atoms with Crippen LogP contribution in [0.1, 0.15) is 52.8 Å². The van der Waals surface area contributed by atoms with Crippen LogP contribution in [0.25, 0.3) is 16.7 Å². The number of amides is 1. The Morgan fingerprint density at radius 3 is 2.18 bits per heavy atom. The Morgan fingerprint density at radius 1 is 1.09 bits per heavy atom. The van der Waals surface area contributed by atoms with Crippen molar-refractivity contribution in [3.8, 4) is 5.69 Å². The Morgan fingerprint density at radius 2 is 1.68 bits per heavy atom. The summed E-state index contributed by atoms with van der Waals surface area (Å²) in [5.74, 6) is -0.573. The quantitative estimate of drug-likeness (QED) is 0.507. The van der Waals surface area contributed by atoms with Crippen molar-refractivity contribution in [3.63, 3.8) is 0 Å². The molecule has 0 fully saturated rings. The molecule has 7 nitrogen and oxygen atoms in total. The SMILES string of the molecule is CC(C)(C)OC(=O)N(Cc1cc2c(C(F)(F)F)nn(-c3ccc(F)cc3)c2[nH]c1=O)C(C)(C)C. The molecule has 0 radical (unpaired) electrons. The normalized spacial score (nSPS) is 12.8. The summed E-state index contributed by atoms with van der Waals surface area (Å²) in [6.45, 7) is 9.92. The first kappa shape index (κ1) is 25.3. The van der Waals surface area contributed by atoms with E-state index >= 15 is 0 Å². The molecule has 0 aliphatic rings. The van der Waals surface area contributed by atoms with Gasteiger partial charge in [0.2, 0.25) is 0 Å². The number of fused-ring (bicyclic) bond motifs is 1. The maximum absolute atomic E-state index is 13.8. The number of aromatic nitrogens is 3. The summed E-state index contributed by atoms with van der Waals surface area (Å²) in [6, 6.07) is 5.72. The standard InChI is InChI=1S/C23H26F4N4O3/c1-21(2,3)30(20(33)34-22(4,5)6)12-13-11-16-17(23(25,26)27)29-31(18(16)28-19(13)32)15-9-7-14(24)8-10-15/h7-11H,12H2,1-6H3,(H,28,32). The zero-order valence-corrected chi connectivity index (χ0v) is 19.7. The van der Waals surface area contributed by atoms with Gasteiger partial charge in [-0.1, -0.05) is 0 Å². The second-order valence-corrected chi connectivity index (χ2v) is 9.86. The second-order valence-electron chi connectivity index (χ2n) is 9.86. The molecule has 1 aromatic carbocycles. The highest BCUT2D eigenvalue weighted by Gasteiger charge is 2.38. The number of halogens is 4. The Labute approximate surface area is 193 Å². The van der Waals surface area contributed by atoms with Gasteiger partial charge in [0.15, 0.2) is 5.69 Å². The molecular weight excluding hydrogens is 456 g/mol. The molecule has 0 aliphatic heterocycles. The van der Waals surface area contributed by atoms with E-state index in [1.165, 1.54) is 17.0 Å². The highest BCUT2D eigenvalue weighted by atomic mass is 19.4. The summed E-state index contributed by atoms with van der Waals surface area (Å²) in [6.07, 6.45) is -5.54. The van der Waals surface area contributed by atoms with Gasteiger partial charge < -0.3 is 9.72 Å². The second kappa shape index (κ2) is 8.44. The fourth-order valence-corrected chi connectivity index (χ4v) is 3.27. The minimum Gasteiger partial charge on any atom is -0.444 e. The van der Waals surface area contributed by atoms with E-state index in [0.29, 0.717) is 0 Å². The number of rotatable bonds is 3. The van der Waals surface area contributed by atoms with Gasteiger partial charge in [0.25, 0.3) is 5.56 Å². The zero-order chi connectivity index (χ0) is 25.6. The van der Waals surface area contributed by atoms with E-state index in [1.807, 2.05) is 0 Å². The lowest BCUT2D eigenvalue weighted by Crippen LogP contribution is -2.48. The first-order valence-electron chi connectivity index (χ1n) is 10.5. The minimum absolute atomic E-state index is 0.0718. The Bertz CT molecular complexity index is 1260. The molecule has 184 valence electrons. The van der Waals surface area contributed by atoms with Crippen molar-refractivity contribution in [2.24, 2.45) is 0 Å². The van der Waals surface area contributed by atoms with Gasteiger partial charge in [0.1, 0.15) is 17.1 Å². The van der Waals surface area contributed by atoms with Crippen molar-refractivity contribution in [3.05, 3.63) is 57.8 Å². The van der Waals surface area contributed by atoms with Gasteiger partial charge in [0, 0.05) is 11.1 Å². The molecule has 0 bridgehead atoms. The molecule has 0 spiro atoms. The molecule has 34 heavy (non-hydrogen) atoms. The molecule has 1 N–H and O–H groups in total. The van der Waals surface area contributed by atoms with E-state index < -0.39 is 40.5 Å². The van der Waals surface area contributed by atoms with E-state index in [1.54, 1.807) is 41.5 Å². The van der Waals surface area contributed by atoms with Crippen molar-refractivity contribution in [2.45, 2.75) is 65.4 Å². The van der Waals surface area contributed by atoms with E-state index in [4.69, 9.17) is 4.74 Å². The van der Waals surface area contributed by atoms with Crippen LogP contribution < -0.4 is 5.56 Å². The van der Waals surface area contributed by atoms with Gasteiger partial charge in [-0.3, -0.25) is 9.69 Å². The smallest absolute Gasteiger partial charge is 0.435 e. The number of hydrogen-bond acceptors (Lipinski definition) is 4. The van der Waals surface area contributed by atoms with Crippen LogP contribution in [0.5, 0.6) is 0 Å². The largest absolute Gasteiger partial charge is 0.444 e. The molecule has 1 amide bonds. The highest BCUT2D eigenvalue weighted by Crippen LogP contribution is 2.34. The lowest BCUT2D eigenvalue weighted by Gasteiger charge is -2.36. The fourth-order valence-electron chi connectivity index (χ4n) is 3.27. The van der Waals surface area contributed by atoms with Crippen molar-refractivity contribution >= 4 is 17.1 Å². The van der Waals surface area contributed by atoms with Crippen molar-refractivity contribution < 1.29 is 27.1 Å². The number of benzene rings is 1. The molecule has 3 aromatic rings. The van der Waals surface area contributed by atoms with Crippen LogP contribution in [-0.4, -0.2) is 36.9 Å². The molecule has 3 rings (SSSR count). The number of ether oxygens (including phenoxy) is 1. The Hall–Kier alpha value is -3.37. The molecule has 11 heteroatoms. The number of carbonyl (C=O) groups excluding carboxylic acids is 1. The first-order valence-corrected chi connectivity index (χ1v) is 10.5. The maximum Gasteiger partial charge on any atom is 0.435 e. The summed E-state index contributed by atoms with van der Waals surface area (Å²) in [4.78, 5) is 29.4. The van der Waals surface area contributed by atoms with Gasteiger partial charge in [0.05, 0.1) is 17.6 Å². The van der Waals surface area contributed by atoms with Crippen molar-refractivity contribution in [2.75, 3.05) is 0 Å². The van der Waals surface area contributed by atoms with Crippen LogP contribution in [0, 0.1) is 5.82 Å². The van der Waals surface area contributed by atoms with Crippen LogP contribution >= 0.6 is 0 Å². The van der Waals surface area contributed by atoms with E-state index in [2.05, 4.69) is 10.1 Å². The van der Waals surface area contributed by atoms with Gasteiger partial charge in [-0.2, -0.15) is 18.3 Å². The number of carbonyl (C=O) groups is 1. The van der Waals surface area contributed by atoms with E-state index in [9.17, 15) is 27.2 Å². The summed E-state index contributed by atoms with van der Waals surface area (Å²) in [7, 11) is 0. The summed E-state index contributed by atoms with van der Waals surface area (Å²) < 4.78 is 61.0. The lowest BCUT2D eigenvalue weighted by molar-refractivity contribution is -0.140. The van der Waals surface area contributed by atoms with E-state index in [0.717, 1.165) is 22.9 Å². The van der Waals surface area contributed by atoms with Crippen LogP contribution in [0.2, 0.25) is 0 Å². The third-order valence-electron chi connectivity index (χ3n) is 4.86. The van der Waals surface area contributed by atoms with Crippen LogP contribution in [0.3, 0.4) is 0 Å². The number of nitrogens with zero attached hydrogens (tertiary/aromatic N) is 3. The van der Waals surface area contributed by atoms with E-state index in [-0.39, 0.29) is 28.8 Å². The molecule has 0 aliphatic carbocycles. The van der Waals surface area contributed by atoms with Gasteiger partial charge >= 0.3 is 12.3 Å². The molecule has 2 heterocycles. The molecule has 0 atom stereocenters. The minimum atomic E-state index is -4.83. The predicted molar refractivity (Wildman–Crippen MR) is 118 cm³/mol. The number of H-pyrrole nitrogens is 1. The number of pyridine rings is 1. The van der Waals surface area contributed by atoms with Crippen LogP contribution in [0.15, 0.2) is 35.1 Å². The molecule has 0 unspecified atom stereocenters. The topological polar surface area (TPSA) is 80.2 Å². The average molecular weight is 482 g/mol. The Kier molecular flexibility index (Phi) is 6.27. The molecule has 0 saturated carbocycles. The summed E-state index contributed by atoms with van der Waals surface area (Å²) in [5.41, 5.74) is -3.66. The highest BCUT2D eigenvalue weighted by molar-refractivity contribution is 5.81. The van der Waals surface area contributed by atoms with Gasteiger partial charge in [-0.15, -0.1) is 0 Å². The maximum atomic E-state index is 13.8. The lowest BCUT2D eigenvalue weighted by atomic mass is 10.0. The summed E-state index contributed by atoms with van der Waals surface area (Å²) in [5, 5.41) is 3.29. The van der Waals surface area contributed by atoms with Crippen molar-refractivity contribution in [1.82, 2.24) is 19.7 Å². The number of nitrogens with one attached hydrogen (secondary N) is 1. The summed E-state index contributed by atoms with van der Waals surface area (Å²) >= 11 is 0. The zero-order valence-electron chi connectivity index (χ0n) is 19.7. The number of aromatic amines is 1. The monoisotopic (exact) mass is 482 g/mol. The van der Waals surface area contributed by atoms with Crippen LogP contribution in [0.4, 0.5) is 22.4 Å². The fraction of sp³-hybridized carbons (Fsp3) is 0.435. The molecular formula is C23H26F4N4O3. The van der Waals surface area contributed by atoms with Crippen molar-refractivity contribution in [1.29, 1.82) is 0 Å². The predicted octanol–water partition coefficient (Wildman–Crippen LogP) is 5.41. The number of alkyl halides is 3. The third-order valence-corrected chi connectivity index (χ3v) is 4.86. The molecule has 0 saturated heterocycles. The van der Waals surface area contributed by atoms with Crippen LogP contribution in [-0.2, 0) is 17.5 Å². The van der Waals surface area contributed by atoms with Gasteiger partial charge in [-0.25, -0.2) is 13.9 Å². The number of hydrogen-bond donors (Lipinski definition) is 1. The first-order chi connectivity index (χ1) is 15.5.